The standard InChI is InChI=1S/C4H6O4S2/c5-3(6)1-9-10-2-4(7)8/h1-2H2,(H,5,6)(H,7,8)/p-2. The van der Waals surface area contributed by atoms with E-state index in [0.717, 1.165) is 21.6 Å². The molecule has 0 rings (SSSR count). The number of carboxylic acids is 2. The van der Waals surface area contributed by atoms with Crippen molar-refractivity contribution in [3.05, 3.63) is 0 Å². The van der Waals surface area contributed by atoms with Crippen LogP contribution in [0.5, 0.6) is 0 Å². The summed E-state index contributed by atoms with van der Waals surface area (Å²) in [6.45, 7) is 0. The molecule has 0 aliphatic heterocycles. The zero-order chi connectivity index (χ0) is 7.98. The molecule has 0 N–H and O–H groups in total. The summed E-state index contributed by atoms with van der Waals surface area (Å²) in [5.41, 5.74) is 0. The van der Waals surface area contributed by atoms with Crippen molar-refractivity contribution >= 4 is 33.5 Å². The van der Waals surface area contributed by atoms with Crippen LogP contribution in [0.1, 0.15) is 0 Å². The highest BCUT2D eigenvalue weighted by atomic mass is 33.1. The van der Waals surface area contributed by atoms with Crippen LogP contribution in [-0.4, -0.2) is 23.4 Å². The van der Waals surface area contributed by atoms with Gasteiger partial charge in [0.25, 0.3) is 0 Å². The molecule has 0 heterocycles. The predicted molar refractivity (Wildman–Crippen MR) is 34.9 cm³/mol. The van der Waals surface area contributed by atoms with E-state index >= 15 is 0 Å². The van der Waals surface area contributed by atoms with Gasteiger partial charge in [0.05, 0.1) is 11.9 Å². The lowest BCUT2D eigenvalue weighted by Gasteiger charge is -2.01. The van der Waals surface area contributed by atoms with Crippen LogP contribution in [-0.2, 0) is 9.59 Å². The van der Waals surface area contributed by atoms with Gasteiger partial charge in [0.1, 0.15) is 0 Å². The molecule has 0 bridgehead atoms. The molecule has 0 fully saturated rings. The third-order valence-electron chi connectivity index (χ3n) is 0.437. The molecule has 0 aliphatic rings. The van der Waals surface area contributed by atoms with Crippen molar-refractivity contribution in [1.29, 1.82) is 0 Å². The summed E-state index contributed by atoms with van der Waals surface area (Å²) in [7, 11) is 1.85. The van der Waals surface area contributed by atoms with Crippen molar-refractivity contribution in [3.63, 3.8) is 0 Å². The first-order chi connectivity index (χ1) is 4.63. The second-order valence-corrected chi connectivity index (χ2v) is 3.73. The molecule has 6 heteroatoms. The van der Waals surface area contributed by atoms with E-state index in [9.17, 15) is 19.8 Å². The monoisotopic (exact) mass is 180 g/mol. The van der Waals surface area contributed by atoms with Gasteiger partial charge in [-0.3, -0.25) is 0 Å². The molecule has 58 valence electrons. The van der Waals surface area contributed by atoms with E-state index in [1.807, 2.05) is 0 Å². The Morgan fingerprint density at radius 3 is 1.50 bits per heavy atom. The third kappa shape index (κ3) is 7.64. The minimum absolute atomic E-state index is 0.196. The van der Waals surface area contributed by atoms with Crippen molar-refractivity contribution < 1.29 is 19.8 Å². The molecule has 10 heavy (non-hydrogen) atoms. The van der Waals surface area contributed by atoms with Gasteiger partial charge >= 0.3 is 0 Å². The molecule has 0 saturated heterocycles. The normalized spacial score (nSPS) is 9.20. The molecular formula is C4H4O4S2-2. The average Bonchev–Trinajstić information content (AvgIpc) is 1.79. The van der Waals surface area contributed by atoms with E-state index in [4.69, 9.17) is 0 Å². The van der Waals surface area contributed by atoms with Gasteiger partial charge in [-0.05, 0) is 0 Å². The van der Waals surface area contributed by atoms with Crippen molar-refractivity contribution in [2.24, 2.45) is 0 Å². The number of carboxylic acid groups (broad SMARTS) is 2. The molecular weight excluding hydrogens is 176 g/mol. The van der Waals surface area contributed by atoms with Crippen molar-refractivity contribution in [2.45, 2.75) is 0 Å². The van der Waals surface area contributed by atoms with Crippen LogP contribution in [0.25, 0.3) is 0 Å². The summed E-state index contributed by atoms with van der Waals surface area (Å²) < 4.78 is 0. The predicted octanol–water partition coefficient (Wildman–Crippen LogP) is -2.13. The Balaban J connectivity index is 3.06. The minimum atomic E-state index is -1.20. The molecule has 4 nitrogen and oxygen atoms in total. The molecule has 0 aromatic rings. The van der Waals surface area contributed by atoms with Gasteiger partial charge in [-0.15, -0.1) is 0 Å². The van der Waals surface area contributed by atoms with Gasteiger partial charge in [-0.2, -0.15) is 0 Å². The Morgan fingerprint density at radius 2 is 1.30 bits per heavy atom. The molecule has 0 unspecified atom stereocenters. The lowest BCUT2D eigenvalue weighted by atomic mass is 10.8. The summed E-state index contributed by atoms with van der Waals surface area (Å²) in [5.74, 6) is -2.79. The first-order valence-electron chi connectivity index (χ1n) is 2.27. The second kappa shape index (κ2) is 5.43. The number of rotatable bonds is 5. The molecule has 0 atom stereocenters. The summed E-state index contributed by atoms with van der Waals surface area (Å²) in [6.07, 6.45) is 0. The van der Waals surface area contributed by atoms with E-state index in [1.165, 1.54) is 0 Å². The highest BCUT2D eigenvalue weighted by Crippen LogP contribution is 2.18. The Hall–Kier alpha value is -0.360. The third-order valence-corrected chi connectivity index (χ3v) is 2.52. The SMILES string of the molecule is O=C([O-])CSSCC(=O)[O-]. The van der Waals surface area contributed by atoms with Gasteiger partial charge < -0.3 is 19.8 Å². The maximum absolute atomic E-state index is 9.74. The molecule has 0 saturated carbocycles. The molecule has 0 radical (unpaired) electrons. The van der Waals surface area contributed by atoms with Crippen molar-refractivity contribution in [2.75, 3.05) is 11.5 Å². The molecule has 0 amide bonds. The first kappa shape index (κ1) is 9.64. The Labute approximate surface area is 65.4 Å². The quantitative estimate of drug-likeness (QED) is 0.355. The maximum atomic E-state index is 9.74. The van der Waals surface area contributed by atoms with Crippen LogP contribution in [0.4, 0.5) is 0 Å². The molecule has 0 aliphatic carbocycles. The van der Waals surface area contributed by atoms with E-state index in [0.29, 0.717) is 0 Å². The number of hydrogen-bond donors (Lipinski definition) is 0. The number of carbonyl (C=O) groups is 2. The highest BCUT2D eigenvalue weighted by Gasteiger charge is 1.89. The fourth-order valence-corrected chi connectivity index (χ4v) is 1.62. The largest absolute Gasteiger partial charge is 0.549 e. The van der Waals surface area contributed by atoms with Crippen LogP contribution in [0.15, 0.2) is 0 Å². The summed E-state index contributed by atoms with van der Waals surface area (Å²) in [6, 6.07) is 0. The lowest BCUT2D eigenvalue weighted by molar-refractivity contribution is -0.302. The molecule has 0 spiro atoms. The van der Waals surface area contributed by atoms with Crippen molar-refractivity contribution in [1.82, 2.24) is 0 Å². The van der Waals surface area contributed by atoms with Gasteiger partial charge in [-0.25, -0.2) is 0 Å². The van der Waals surface area contributed by atoms with E-state index in [-0.39, 0.29) is 11.5 Å². The van der Waals surface area contributed by atoms with Crippen LogP contribution in [0, 0.1) is 0 Å². The fraction of sp³-hybridized carbons (Fsp3) is 0.500. The Morgan fingerprint density at radius 1 is 1.00 bits per heavy atom. The minimum Gasteiger partial charge on any atom is -0.549 e. The Bertz CT molecular complexity index is 119. The number of carbonyl (C=O) groups excluding carboxylic acids is 2. The van der Waals surface area contributed by atoms with E-state index in [1.54, 1.807) is 0 Å². The van der Waals surface area contributed by atoms with Crippen LogP contribution in [0.2, 0.25) is 0 Å². The van der Waals surface area contributed by atoms with Crippen LogP contribution in [0.3, 0.4) is 0 Å². The van der Waals surface area contributed by atoms with Crippen LogP contribution >= 0.6 is 21.6 Å². The smallest absolute Gasteiger partial charge is 0.0522 e. The van der Waals surface area contributed by atoms with Gasteiger partial charge in [0.2, 0.25) is 0 Å². The maximum Gasteiger partial charge on any atom is 0.0522 e. The zero-order valence-electron chi connectivity index (χ0n) is 4.86. The highest BCUT2D eigenvalue weighted by molar-refractivity contribution is 8.77. The van der Waals surface area contributed by atoms with E-state index < -0.39 is 11.9 Å². The molecule has 0 aromatic carbocycles. The van der Waals surface area contributed by atoms with Gasteiger partial charge in [-0.1, -0.05) is 21.6 Å². The average molecular weight is 180 g/mol. The summed E-state index contributed by atoms with van der Waals surface area (Å²) >= 11 is 0. The summed E-state index contributed by atoms with van der Waals surface area (Å²) in [4.78, 5) is 19.5. The number of aliphatic carboxylic acids is 2. The van der Waals surface area contributed by atoms with Crippen LogP contribution < -0.4 is 10.2 Å². The van der Waals surface area contributed by atoms with E-state index in [2.05, 4.69) is 0 Å². The second-order valence-electron chi connectivity index (χ2n) is 1.27. The fourth-order valence-electron chi connectivity index (χ4n) is 0.180. The topological polar surface area (TPSA) is 80.3 Å². The molecule has 0 aromatic heterocycles. The lowest BCUT2D eigenvalue weighted by Crippen LogP contribution is -2.25. The zero-order valence-corrected chi connectivity index (χ0v) is 6.50. The van der Waals surface area contributed by atoms with Gasteiger partial charge in [0.15, 0.2) is 0 Å². The summed E-state index contributed by atoms with van der Waals surface area (Å²) in [5, 5.41) is 19.5. The first-order valence-corrected chi connectivity index (χ1v) is 4.76. The van der Waals surface area contributed by atoms with Gasteiger partial charge in [0, 0.05) is 11.5 Å². The number of hydrogen-bond acceptors (Lipinski definition) is 6. The van der Waals surface area contributed by atoms with Crippen molar-refractivity contribution in [3.8, 4) is 0 Å². The Kier molecular flexibility index (Phi) is 5.23.